The van der Waals surface area contributed by atoms with Gasteiger partial charge in [-0.05, 0) is 38.9 Å². The maximum absolute atomic E-state index is 14.7. The van der Waals surface area contributed by atoms with Gasteiger partial charge < -0.3 is 20.4 Å². The molecule has 5 rings (SSSR count). The molecule has 0 bridgehead atoms. The quantitative estimate of drug-likeness (QED) is 0.554. The van der Waals surface area contributed by atoms with Gasteiger partial charge in [-0.1, -0.05) is 24.2 Å². The van der Waals surface area contributed by atoms with Crippen molar-refractivity contribution in [2.75, 3.05) is 48.8 Å². The van der Waals surface area contributed by atoms with Crippen molar-refractivity contribution in [3.05, 3.63) is 36.0 Å². The van der Waals surface area contributed by atoms with E-state index < -0.39 is 5.82 Å². The van der Waals surface area contributed by atoms with E-state index in [0.717, 1.165) is 60.4 Å². The highest BCUT2D eigenvalue weighted by Gasteiger charge is 2.20. The molecule has 2 aliphatic rings. The van der Waals surface area contributed by atoms with Crippen LogP contribution in [-0.2, 0) is 0 Å². The molecule has 0 aromatic carbocycles. The minimum Gasteiger partial charge on any atom is -0.368 e. The zero-order valence-corrected chi connectivity index (χ0v) is 19.8. The average molecular weight is 469 g/mol. The minimum atomic E-state index is -0.460. The van der Waals surface area contributed by atoms with E-state index in [1.54, 1.807) is 0 Å². The molecule has 10 heteroatoms. The SMILES string of the molecule is Cc1nc(NC2CCCC2)sc1-c1nc(Nc2ccc(N3CCN(C)CC3)cn2)ncc1F. The molecular weight excluding hydrogens is 439 g/mol. The Labute approximate surface area is 197 Å². The molecule has 3 aromatic heterocycles. The molecule has 0 spiro atoms. The van der Waals surface area contributed by atoms with E-state index in [4.69, 9.17) is 0 Å². The largest absolute Gasteiger partial charge is 0.368 e. The normalized spacial score (nSPS) is 17.5. The average Bonchev–Trinajstić information content (AvgIpc) is 3.46. The summed E-state index contributed by atoms with van der Waals surface area (Å²) in [6.07, 6.45) is 7.86. The van der Waals surface area contributed by atoms with E-state index in [9.17, 15) is 4.39 Å². The van der Waals surface area contributed by atoms with Crippen molar-refractivity contribution in [3.63, 3.8) is 0 Å². The monoisotopic (exact) mass is 468 g/mol. The summed E-state index contributed by atoms with van der Waals surface area (Å²) in [4.78, 5) is 23.1. The Bertz CT molecular complexity index is 1090. The summed E-state index contributed by atoms with van der Waals surface area (Å²) < 4.78 is 14.7. The van der Waals surface area contributed by atoms with Crippen molar-refractivity contribution >= 4 is 33.9 Å². The molecular formula is C23H29FN8S. The standard InChI is InChI=1S/C23H29FN8S/c1-15-21(33-23(27-15)28-16-5-3-4-6-16)20-18(24)14-26-22(30-20)29-19-8-7-17(13-25-19)32-11-9-31(2)10-12-32/h7-8,13-14,16H,3-6,9-12H2,1-2H3,(H,27,28)(H,25,26,29,30). The summed E-state index contributed by atoms with van der Waals surface area (Å²) >= 11 is 1.44. The van der Waals surface area contributed by atoms with Crippen LogP contribution in [0.1, 0.15) is 31.4 Å². The van der Waals surface area contributed by atoms with Gasteiger partial charge in [0.2, 0.25) is 5.95 Å². The first-order chi connectivity index (χ1) is 16.0. The molecule has 1 aliphatic carbocycles. The predicted molar refractivity (Wildman–Crippen MR) is 131 cm³/mol. The molecule has 2 fully saturated rings. The van der Waals surface area contributed by atoms with Crippen molar-refractivity contribution in [2.45, 2.75) is 38.6 Å². The second kappa shape index (κ2) is 9.56. The van der Waals surface area contributed by atoms with Gasteiger partial charge in [-0.2, -0.15) is 0 Å². The van der Waals surface area contributed by atoms with Crippen molar-refractivity contribution in [1.82, 2.24) is 24.8 Å². The molecule has 1 aliphatic heterocycles. The molecule has 8 nitrogen and oxygen atoms in total. The Balaban J connectivity index is 1.30. The highest BCUT2D eigenvalue weighted by atomic mass is 32.1. The highest BCUT2D eigenvalue weighted by Crippen LogP contribution is 2.35. The van der Waals surface area contributed by atoms with Gasteiger partial charge in [-0.25, -0.2) is 24.3 Å². The van der Waals surface area contributed by atoms with Gasteiger partial charge in [0, 0.05) is 32.2 Å². The number of aryl methyl sites for hydroxylation is 1. The number of pyridine rings is 1. The van der Waals surface area contributed by atoms with Crippen LogP contribution in [0.5, 0.6) is 0 Å². The number of halogens is 1. The predicted octanol–water partition coefficient (Wildman–Crippen LogP) is 4.29. The molecule has 0 unspecified atom stereocenters. The lowest BCUT2D eigenvalue weighted by Crippen LogP contribution is -2.44. The summed E-state index contributed by atoms with van der Waals surface area (Å²) in [5.74, 6) is 0.470. The van der Waals surface area contributed by atoms with Gasteiger partial charge in [0.05, 0.1) is 28.7 Å². The highest BCUT2D eigenvalue weighted by molar-refractivity contribution is 7.19. The van der Waals surface area contributed by atoms with E-state index in [-0.39, 0.29) is 5.69 Å². The minimum absolute atomic E-state index is 0.260. The van der Waals surface area contributed by atoms with Crippen LogP contribution in [0, 0.1) is 12.7 Å². The van der Waals surface area contributed by atoms with Crippen LogP contribution in [0.2, 0.25) is 0 Å². The van der Waals surface area contributed by atoms with Crippen LogP contribution < -0.4 is 15.5 Å². The molecule has 33 heavy (non-hydrogen) atoms. The van der Waals surface area contributed by atoms with Gasteiger partial charge in [0.25, 0.3) is 0 Å². The lowest BCUT2D eigenvalue weighted by molar-refractivity contribution is 0.313. The number of likely N-dealkylation sites (N-methyl/N-ethyl adjacent to an activating group) is 1. The van der Waals surface area contributed by atoms with Gasteiger partial charge in [-0.3, -0.25) is 0 Å². The van der Waals surface area contributed by atoms with Crippen LogP contribution >= 0.6 is 11.3 Å². The zero-order chi connectivity index (χ0) is 22.8. The van der Waals surface area contributed by atoms with Crippen molar-refractivity contribution in [1.29, 1.82) is 0 Å². The van der Waals surface area contributed by atoms with Crippen LogP contribution in [0.3, 0.4) is 0 Å². The van der Waals surface area contributed by atoms with E-state index in [1.165, 1.54) is 30.4 Å². The number of aromatic nitrogens is 4. The number of hydrogen-bond donors (Lipinski definition) is 2. The Morgan fingerprint density at radius 3 is 2.55 bits per heavy atom. The smallest absolute Gasteiger partial charge is 0.229 e. The van der Waals surface area contributed by atoms with E-state index in [0.29, 0.717) is 17.8 Å². The third kappa shape index (κ3) is 5.06. The molecule has 4 heterocycles. The summed E-state index contributed by atoms with van der Waals surface area (Å²) in [6, 6.07) is 4.40. The second-order valence-corrected chi connectivity index (χ2v) is 9.77. The van der Waals surface area contributed by atoms with Gasteiger partial charge >= 0.3 is 0 Å². The fourth-order valence-corrected chi connectivity index (χ4v) is 5.37. The van der Waals surface area contributed by atoms with Gasteiger partial charge in [-0.15, -0.1) is 0 Å². The number of anilines is 4. The lowest BCUT2D eigenvalue weighted by Gasteiger charge is -2.33. The summed E-state index contributed by atoms with van der Waals surface area (Å²) in [5.41, 5.74) is 2.12. The number of rotatable bonds is 6. The summed E-state index contributed by atoms with van der Waals surface area (Å²) in [5, 5.41) is 7.42. The molecule has 1 saturated carbocycles. The fraction of sp³-hybridized carbons (Fsp3) is 0.478. The second-order valence-electron chi connectivity index (χ2n) is 8.77. The fourth-order valence-electron chi connectivity index (χ4n) is 4.34. The Morgan fingerprint density at radius 2 is 1.82 bits per heavy atom. The summed E-state index contributed by atoms with van der Waals surface area (Å²) in [7, 11) is 2.14. The van der Waals surface area contributed by atoms with Gasteiger partial charge in [0.1, 0.15) is 11.5 Å². The maximum Gasteiger partial charge on any atom is 0.229 e. The maximum atomic E-state index is 14.7. The number of nitrogens with one attached hydrogen (secondary N) is 2. The molecule has 0 radical (unpaired) electrons. The molecule has 2 N–H and O–H groups in total. The third-order valence-electron chi connectivity index (χ3n) is 6.29. The summed E-state index contributed by atoms with van der Waals surface area (Å²) in [6.45, 7) is 5.95. The lowest BCUT2D eigenvalue weighted by atomic mass is 10.2. The Morgan fingerprint density at radius 1 is 1.03 bits per heavy atom. The van der Waals surface area contributed by atoms with Crippen molar-refractivity contribution < 1.29 is 4.39 Å². The number of piperazine rings is 1. The molecule has 0 atom stereocenters. The molecule has 1 saturated heterocycles. The topological polar surface area (TPSA) is 82.1 Å². The number of nitrogens with zero attached hydrogens (tertiary/aromatic N) is 6. The van der Waals surface area contributed by atoms with Gasteiger partial charge in [0.15, 0.2) is 10.9 Å². The molecule has 3 aromatic rings. The zero-order valence-electron chi connectivity index (χ0n) is 19.0. The first-order valence-corrected chi connectivity index (χ1v) is 12.3. The Kier molecular flexibility index (Phi) is 6.37. The van der Waals surface area contributed by atoms with Crippen LogP contribution in [-0.4, -0.2) is 64.1 Å². The van der Waals surface area contributed by atoms with Crippen LogP contribution in [0.15, 0.2) is 24.5 Å². The van der Waals surface area contributed by atoms with E-state index in [2.05, 4.69) is 47.4 Å². The van der Waals surface area contributed by atoms with Crippen LogP contribution in [0.25, 0.3) is 10.6 Å². The first-order valence-electron chi connectivity index (χ1n) is 11.5. The van der Waals surface area contributed by atoms with Crippen molar-refractivity contribution in [2.24, 2.45) is 0 Å². The molecule has 174 valence electrons. The first kappa shape index (κ1) is 22.0. The molecule has 0 amide bonds. The Hall–Kier alpha value is -2.85. The van der Waals surface area contributed by atoms with Crippen LogP contribution in [0.4, 0.5) is 27.0 Å². The third-order valence-corrected chi connectivity index (χ3v) is 7.39. The van der Waals surface area contributed by atoms with E-state index in [1.807, 2.05) is 25.3 Å². The van der Waals surface area contributed by atoms with Crippen molar-refractivity contribution in [3.8, 4) is 10.6 Å². The number of thiazole rings is 1. The van der Waals surface area contributed by atoms with E-state index >= 15 is 0 Å². The number of hydrogen-bond acceptors (Lipinski definition) is 9.